The number of aliphatic hydroxyl groups is 2. The Morgan fingerprint density at radius 2 is 1.97 bits per heavy atom. The zero-order valence-corrected chi connectivity index (χ0v) is 22.9. The van der Waals surface area contributed by atoms with Gasteiger partial charge in [0.15, 0.2) is 11.5 Å². The van der Waals surface area contributed by atoms with Crippen molar-refractivity contribution in [2.24, 2.45) is 0 Å². The number of carbonyl (C=O) groups is 3. The lowest BCUT2D eigenvalue weighted by Crippen LogP contribution is -2.58. The maximum Gasteiger partial charge on any atom is 0.247 e. The van der Waals surface area contributed by atoms with E-state index in [2.05, 4.69) is 5.32 Å². The molecule has 1 aromatic carbocycles. The minimum atomic E-state index is -1.09. The van der Waals surface area contributed by atoms with E-state index in [0.29, 0.717) is 38.9 Å². The topological polar surface area (TPSA) is 125 Å². The minimum absolute atomic E-state index is 0.00657. The average molecular weight is 614 g/mol. The van der Waals surface area contributed by atoms with Crippen LogP contribution in [0.4, 0.5) is 0 Å². The van der Waals surface area contributed by atoms with E-state index in [-0.39, 0.29) is 37.4 Å². The Labute approximate surface area is 225 Å². The largest absolute Gasteiger partial charge is 0.493 e. The van der Waals surface area contributed by atoms with Crippen molar-refractivity contribution < 1.29 is 34.1 Å². The van der Waals surface area contributed by atoms with Crippen molar-refractivity contribution in [1.82, 2.24) is 10.2 Å². The molecule has 3 rings (SSSR count). The molecule has 9 nitrogen and oxygen atoms in total. The van der Waals surface area contributed by atoms with Crippen LogP contribution in [0.3, 0.4) is 0 Å². The Balaban J connectivity index is 2.01. The van der Waals surface area contributed by atoms with Crippen LogP contribution in [0.25, 0.3) is 0 Å². The summed E-state index contributed by atoms with van der Waals surface area (Å²) in [5.41, 5.74) is 0.800. The summed E-state index contributed by atoms with van der Waals surface area (Å²) < 4.78 is 12.3. The highest BCUT2D eigenvalue weighted by atomic mass is 127. The summed E-state index contributed by atoms with van der Waals surface area (Å²) in [6.45, 7) is 1.69. The molecule has 0 saturated heterocycles. The molecule has 0 spiro atoms. The van der Waals surface area contributed by atoms with Gasteiger partial charge >= 0.3 is 0 Å². The second kappa shape index (κ2) is 13.4. The summed E-state index contributed by atoms with van der Waals surface area (Å²) >= 11 is 2.03. The van der Waals surface area contributed by atoms with Crippen LogP contribution in [0.5, 0.6) is 11.5 Å². The normalized spacial score (nSPS) is 22.4. The van der Waals surface area contributed by atoms with Crippen molar-refractivity contribution in [2.45, 2.75) is 76.2 Å². The SMILES string of the molecule is CCC(=O)N(C1CCCCC1)[C@@H]1CC(C(=O)NCCO)=C[C@H](Oc2c(I)cc(C=O)cc2OC)[C@H]1O. The Hall–Kier alpha value is -2.18. The molecule has 0 bridgehead atoms. The standard InChI is InChI=1S/C26H35IN2O7/c1-3-23(32)29(18-7-5-4-6-8-18)20-13-17(26(34)28-9-10-30)14-21(24(20)33)36-25-19(27)11-16(15-31)12-22(25)35-2/h11-12,14-15,18,20-21,24,30,33H,3-10,13H2,1-2H3,(H,28,34)/t20-,21+,24+/m1/s1. The van der Waals surface area contributed by atoms with Crippen LogP contribution >= 0.6 is 22.6 Å². The Bertz CT molecular complexity index is 977. The monoisotopic (exact) mass is 614 g/mol. The first-order valence-electron chi connectivity index (χ1n) is 12.4. The molecule has 36 heavy (non-hydrogen) atoms. The number of ether oxygens (including phenoxy) is 2. The number of methoxy groups -OCH3 is 1. The lowest BCUT2D eigenvalue weighted by molar-refractivity contribution is -0.142. The number of benzene rings is 1. The highest BCUT2D eigenvalue weighted by molar-refractivity contribution is 14.1. The van der Waals surface area contributed by atoms with Crippen LogP contribution in [-0.2, 0) is 9.59 Å². The number of rotatable bonds is 10. The molecule has 1 aromatic rings. The third kappa shape index (κ3) is 6.57. The number of amides is 2. The fourth-order valence-corrected chi connectivity index (χ4v) is 5.76. The second-order valence-corrected chi connectivity index (χ2v) is 10.3. The van der Waals surface area contributed by atoms with E-state index in [9.17, 15) is 19.5 Å². The van der Waals surface area contributed by atoms with E-state index in [1.807, 2.05) is 22.6 Å². The number of aldehydes is 1. The van der Waals surface area contributed by atoms with E-state index in [4.69, 9.17) is 14.6 Å². The number of hydrogen-bond acceptors (Lipinski definition) is 7. The lowest BCUT2D eigenvalue weighted by atomic mass is 9.85. The third-order valence-corrected chi connectivity index (χ3v) is 7.57. The molecule has 0 radical (unpaired) electrons. The van der Waals surface area contributed by atoms with Gasteiger partial charge in [0.05, 0.1) is 23.3 Å². The van der Waals surface area contributed by atoms with Crippen LogP contribution in [0.2, 0.25) is 0 Å². The number of nitrogens with zero attached hydrogens (tertiary/aromatic N) is 1. The molecule has 0 heterocycles. The van der Waals surface area contributed by atoms with Crippen molar-refractivity contribution in [1.29, 1.82) is 0 Å². The Kier molecular flexibility index (Phi) is 10.6. The van der Waals surface area contributed by atoms with Gasteiger partial charge in [-0.25, -0.2) is 0 Å². The van der Waals surface area contributed by atoms with Gasteiger partial charge < -0.3 is 29.9 Å². The van der Waals surface area contributed by atoms with Crippen LogP contribution in [0, 0.1) is 3.57 Å². The van der Waals surface area contributed by atoms with Gasteiger partial charge in [-0.05, 0) is 53.6 Å². The van der Waals surface area contributed by atoms with Gasteiger partial charge in [-0.2, -0.15) is 0 Å². The molecule has 198 valence electrons. The molecule has 0 aromatic heterocycles. The first-order chi connectivity index (χ1) is 17.3. The average Bonchev–Trinajstić information content (AvgIpc) is 2.90. The maximum atomic E-state index is 13.2. The summed E-state index contributed by atoms with van der Waals surface area (Å²) in [4.78, 5) is 39.2. The highest BCUT2D eigenvalue weighted by Crippen LogP contribution is 2.38. The van der Waals surface area contributed by atoms with E-state index >= 15 is 0 Å². The van der Waals surface area contributed by atoms with Crippen LogP contribution in [0.1, 0.15) is 62.2 Å². The number of aliphatic hydroxyl groups excluding tert-OH is 2. The number of hydrogen-bond donors (Lipinski definition) is 3. The first kappa shape index (κ1) is 28.4. The van der Waals surface area contributed by atoms with Crippen molar-refractivity contribution in [3.8, 4) is 11.5 Å². The van der Waals surface area contributed by atoms with Crippen LogP contribution in [-0.4, -0.2) is 77.8 Å². The summed E-state index contributed by atoms with van der Waals surface area (Å²) in [5, 5.41) is 23.4. The van der Waals surface area contributed by atoms with E-state index in [0.717, 1.165) is 32.1 Å². The van der Waals surface area contributed by atoms with E-state index in [1.165, 1.54) is 7.11 Å². The third-order valence-electron chi connectivity index (χ3n) is 6.77. The number of nitrogens with one attached hydrogen (secondary N) is 1. The molecule has 0 aliphatic heterocycles. The smallest absolute Gasteiger partial charge is 0.247 e. The summed E-state index contributed by atoms with van der Waals surface area (Å²) in [5.74, 6) is 0.224. The molecule has 3 N–H and O–H groups in total. The van der Waals surface area contributed by atoms with Crippen molar-refractivity contribution in [3.05, 3.63) is 32.9 Å². The van der Waals surface area contributed by atoms with Gasteiger partial charge in [-0.1, -0.05) is 26.2 Å². The summed E-state index contributed by atoms with van der Waals surface area (Å²) in [6.07, 6.45) is 5.57. The van der Waals surface area contributed by atoms with Crippen molar-refractivity contribution in [2.75, 3.05) is 20.3 Å². The predicted octanol–water partition coefficient (Wildman–Crippen LogP) is 2.60. The molecule has 2 aliphatic rings. The van der Waals surface area contributed by atoms with Gasteiger partial charge in [0.25, 0.3) is 0 Å². The fraction of sp³-hybridized carbons (Fsp3) is 0.577. The van der Waals surface area contributed by atoms with Crippen LogP contribution < -0.4 is 14.8 Å². The Morgan fingerprint density at radius 1 is 1.25 bits per heavy atom. The first-order valence-corrected chi connectivity index (χ1v) is 13.5. The zero-order valence-electron chi connectivity index (χ0n) is 20.7. The number of carbonyl (C=O) groups excluding carboxylic acids is 3. The predicted molar refractivity (Wildman–Crippen MR) is 142 cm³/mol. The van der Waals surface area contributed by atoms with Gasteiger partial charge in [0.2, 0.25) is 11.8 Å². The summed E-state index contributed by atoms with van der Waals surface area (Å²) in [7, 11) is 1.46. The molecular formula is C26H35IN2O7. The van der Waals surface area contributed by atoms with Crippen molar-refractivity contribution in [3.63, 3.8) is 0 Å². The summed E-state index contributed by atoms with van der Waals surface area (Å²) in [6, 6.07) is 2.53. The quantitative estimate of drug-likeness (QED) is 0.274. The molecule has 2 aliphatic carbocycles. The highest BCUT2D eigenvalue weighted by Gasteiger charge is 2.43. The molecular weight excluding hydrogens is 579 g/mol. The molecule has 1 saturated carbocycles. The van der Waals surface area contributed by atoms with Gasteiger partial charge in [0, 0.05) is 36.6 Å². The molecule has 1 fully saturated rings. The lowest BCUT2D eigenvalue weighted by Gasteiger charge is -2.45. The van der Waals surface area contributed by atoms with Crippen molar-refractivity contribution >= 4 is 40.7 Å². The zero-order chi connectivity index (χ0) is 26.2. The van der Waals surface area contributed by atoms with E-state index < -0.39 is 18.2 Å². The fourth-order valence-electron chi connectivity index (χ4n) is 5.01. The molecule has 3 atom stereocenters. The molecule has 0 unspecified atom stereocenters. The minimum Gasteiger partial charge on any atom is -0.493 e. The van der Waals surface area contributed by atoms with Gasteiger partial charge in [-0.15, -0.1) is 0 Å². The molecule has 10 heteroatoms. The van der Waals surface area contributed by atoms with E-state index in [1.54, 1.807) is 30.0 Å². The van der Waals surface area contributed by atoms with Gasteiger partial charge in [0.1, 0.15) is 18.5 Å². The maximum absolute atomic E-state index is 13.2. The van der Waals surface area contributed by atoms with Gasteiger partial charge in [-0.3, -0.25) is 14.4 Å². The Morgan fingerprint density at radius 3 is 2.58 bits per heavy atom. The molecule has 2 amide bonds. The number of halogens is 1. The second-order valence-electron chi connectivity index (χ2n) is 9.11. The van der Waals surface area contributed by atoms with Crippen LogP contribution in [0.15, 0.2) is 23.8 Å².